The molecule has 0 spiro atoms. The van der Waals surface area contributed by atoms with E-state index in [4.69, 9.17) is 80.5 Å². The lowest BCUT2D eigenvalue weighted by Gasteiger charge is -2.50. The SMILES string of the molecule is CC(=O)N[C@H]1[C@@H](O[C@H]2[C@H](O)[C@@H](O)[C@H](O[C@H]3[C@H](O)[C@@H](NS(=O)(=O)O)[C@@H](O[C@H]4[C@H](O)[C@@H](O)[C@H](O[C@H]5[C@H](O)[C@@H](NC(C)=O)[C@@H](O[C@H]6[C@H](O)[C@@H](O)[C@H](O[C@H]7[C@H](O)[C@@H](CO)O[C@@H]7CO)O[C@@H]6C(=O)O)O[C@@H]5CO)O[C@@H]4C(=O)O)O[C@@H]3CO)O[C@@H]2C(=O)O)O[C@H](CO)[C@@H](O[C@@H]2O[C@H](C(=O)O)[C@@H](O[C@H]3O[C@H](CO)[C@@H](O)[C@H](O)[C@H]3NC(C)=O)[C@H](O)[C@H]2O)[C@@H]1O. The molecule has 0 aliphatic carbocycles. The number of hydrogen-bond acceptors (Lipinski definition) is 46. The van der Waals surface area contributed by atoms with Gasteiger partial charge in [-0.2, -0.15) is 13.1 Å². The van der Waals surface area contributed by atoms with Gasteiger partial charge in [0.2, 0.25) is 17.7 Å². The molecular formula is C60H94N4O51S. The first-order chi connectivity index (χ1) is 54.4. The summed E-state index contributed by atoms with van der Waals surface area (Å²) in [5.41, 5.74) is 0. The van der Waals surface area contributed by atoms with Gasteiger partial charge in [0.15, 0.2) is 74.7 Å². The van der Waals surface area contributed by atoms with E-state index in [0.29, 0.717) is 0 Å². The highest BCUT2D eigenvalue weighted by atomic mass is 32.2. The first-order valence-corrected chi connectivity index (χ1v) is 36.7. The summed E-state index contributed by atoms with van der Waals surface area (Å²) >= 11 is 0. The monoisotopic (exact) mass is 1720 g/mol. The van der Waals surface area contributed by atoms with E-state index in [2.05, 4.69) is 16.0 Å². The van der Waals surface area contributed by atoms with Crippen molar-refractivity contribution in [3.05, 3.63) is 0 Å². The quantitative estimate of drug-likeness (QED) is 0.0287. The van der Waals surface area contributed by atoms with Crippen molar-refractivity contribution in [3.63, 3.8) is 0 Å². The molecule has 0 radical (unpaired) electrons. The highest BCUT2D eigenvalue weighted by molar-refractivity contribution is 7.83. The average molecular weight is 1720 g/mol. The minimum absolute atomic E-state index is 0.795. The van der Waals surface area contributed by atoms with Crippen LogP contribution in [-0.4, -0.2) is 487 Å². The van der Waals surface area contributed by atoms with Crippen LogP contribution in [0.5, 0.6) is 0 Å². The molecule has 0 unspecified atom stereocenters. The lowest BCUT2D eigenvalue weighted by atomic mass is 9.93. The van der Waals surface area contributed by atoms with Crippen molar-refractivity contribution in [2.24, 2.45) is 0 Å². The van der Waals surface area contributed by atoms with E-state index in [1.54, 1.807) is 0 Å². The van der Waals surface area contributed by atoms with Crippen LogP contribution in [-0.2, 0) is 124 Å². The van der Waals surface area contributed by atoms with Gasteiger partial charge in [-0.1, -0.05) is 0 Å². The summed E-state index contributed by atoms with van der Waals surface area (Å²) in [4.78, 5) is 89.0. The third-order valence-corrected chi connectivity index (χ3v) is 20.7. The van der Waals surface area contributed by atoms with Crippen molar-refractivity contribution >= 4 is 51.9 Å². The summed E-state index contributed by atoms with van der Waals surface area (Å²) in [7, 11) is -5.70. The van der Waals surface area contributed by atoms with Crippen molar-refractivity contribution < 1.29 is 250 Å². The van der Waals surface area contributed by atoms with Crippen LogP contribution < -0.4 is 20.7 Å². The zero-order valence-electron chi connectivity index (χ0n) is 60.3. The highest BCUT2D eigenvalue weighted by Crippen LogP contribution is 2.40. The molecule has 116 heavy (non-hydrogen) atoms. The fourth-order valence-electron chi connectivity index (χ4n) is 14.4. The predicted octanol–water partition coefficient (Wildman–Crippen LogP) is -19.7. The van der Waals surface area contributed by atoms with Crippen molar-refractivity contribution in [1.29, 1.82) is 0 Å². The number of rotatable bonds is 31. The third kappa shape index (κ3) is 20.5. The smallest absolute Gasteiger partial charge is 0.335 e. The van der Waals surface area contributed by atoms with Gasteiger partial charge in [0, 0.05) is 20.8 Å². The van der Waals surface area contributed by atoms with Gasteiger partial charge in [0.05, 0.1) is 39.6 Å². The molecule has 44 atom stereocenters. The molecule has 56 heteroatoms. The van der Waals surface area contributed by atoms with Gasteiger partial charge >= 0.3 is 34.2 Å². The molecule has 3 amide bonds. The maximum atomic E-state index is 13.1. The minimum atomic E-state index is -5.70. The second kappa shape index (κ2) is 39.7. The summed E-state index contributed by atoms with van der Waals surface area (Å²) in [5.74, 6) is -11.1. The molecule has 9 heterocycles. The Bertz CT molecular complexity index is 3440. The normalized spacial score (nSPS) is 46.9. The van der Waals surface area contributed by atoms with Gasteiger partial charge in [0.25, 0.3) is 0 Å². The topological polar surface area (TPSA) is 864 Å². The molecule has 666 valence electrons. The molecule has 9 aliphatic rings. The van der Waals surface area contributed by atoms with E-state index in [1.165, 1.54) is 4.72 Å². The number of aliphatic hydroxyl groups is 20. The maximum absolute atomic E-state index is 13.1. The maximum Gasteiger partial charge on any atom is 0.335 e. The van der Waals surface area contributed by atoms with Crippen molar-refractivity contribution in [2.75, 3.05) is 39.6 Å². The molecule has 29 N–H and O–H groups in total. The van der Waals surface area contributed by atoms with Gasteiger partial charge in [0.1, 0.15) is 195 Å². The lowest BCUT2D eigenvalue weighted by molar-refractivity contribution is -0.382. The Kier molecular flexibility index (Phi) is 32.3. The van der Waals surface area contributed by atoms with Crippen LogP contribution in [0.4, 0.5) is 0 Å². The Balaban J connectivity index is 0.870. The predicted molar refractivity (Wildman–Crippen MR) is 345 cm³/mol. The molecule has 0 aromatic rings. The lowest BCUT2D eigenvalue weighted by Crippen LogP contribution is -2.71. The van der Waals surface area contributed by atoms with Crippen LogP contribution in [0.1, 0.15) is 20.8 Å². The van der Waals surface area contributed by atoms with Gasteiger partial charge in [-0.25, -0.2) is 19.2 Å². The highest BCUT2D eigenvalue weighted by Gasteiger charge is 2.63. The average Bonchev–Trinajstić information content (AvgIpc) is 0.884. The van der Waals surface area contributed by atoms with Crippen molar-refractivity contribution in [2.45, 2.75) is 291 Å². The zero-order valence-corrected chi connectivity index (χ0v) is 61.2. The zero-order chi connectivity index (χ0) is 86.0. The van der Waals surface area contributed by atoms with Crippen molar-refractivity contribution in [1.82, 2.24) is 20.7 Å². The Morgan fingerprint density at radius 2 is 0.483 bits per heavy atom. The van der Waals surface area contributed by atoms with Crippen LogP contribution in [0.15, 0.2) is 0 Å². The number of carboxylic acid groups (broad SMARTS) is 4. The number of aliphatic carboxylic acids is 4. The number of amides is 3. The second-order valence-corrected chi connectivity index (χ2v) is 29.2. The Labute approximate surface area is 650 Å². The standard InChI is InChI=1S/C60H94N4O51S/c1-10(71)61-19-25(76)23(74)13(4-65)100-53(19)108-41-30(81)34(85)58(113-45(41)49(88)89)105-38-16(7-68)102-55(21(26(38)77)63-12(3)73)110-43-31(82)35(86)60(114-47(43)51(92)93)107-40-18(9-70)103-56(22(28(40)79)64-116(96,97)98)111-44-32(83)36(87)59(115-48(44)52(94)95)106-39-17(8-69)101-54(20(27(39)78)62-11(2)72)109-42-29(80)33(84)57(112-46(42)50(90)91)104-37-15(6-67)99-14(5-66)24(37)75/h13-48,53-60,64-70,74-87H,4-9H2,1-3H3,(H,61,71)(H,62,72)(H,63,73)(H,88,89)(H,90,91)(H,92,93)(H,94,95)(H,96,97,98)/t13-,14-,15-,16-,17-,18-,19-,20-,21-,22-,23-,24-,25-,26-,27-,28-,29-,30-,31-,32-,33-,34-,35-,36-,37-,38-,39-,40-,41+,42+,43+,44+,45+,46+,47+,48+,53-,54-,55-,56-,57-,58-,59-,60-/m1/s1. The van der Waals surface area contributed by atoms with Crippen LogP contribution >= 0.6 is 0 Å². The van der Waals surface area contributed by atoms with E-state index in [9.17, 15) is 169 Å². The fraction of sp³-hybridized carbons (Fsp3) is 0.883. The summed E-state index contributed by atoms with van der Waals surface area (Å²) in [6.07, 6.45) is -91.0. The third-order valence-electron chi connectivity index (χ3n) is 20.1. The number of nitrogens with one attached hydrogen (secondary N) is 4. The number of aliphatic hydroxyl groups excluding tert-OH is 20. The van der Waals surface area contributed by atoms with Gasteiger partial charge in [-0.05, 0) is 0 Å². The number of ether oxygens (including phenoxy) is 17. The molecule has 9 fully saturated rings. The Morgan fingerprint density at radius 1 is 0.267 bits per heavy atom. The van der Waals surface area contributed by atoms with Crippen LogP contribution in [0, 0.1) is 0 Å². The molecule has 9 aliphatic heterocycles. The molecule has 9 rings (SSSR count). The molecule has 0 saturated carbocycles. The molecule has 0 bridgehead atoms. The van der Waals surface area contributed by atoms with Crippen LogP contribution in [0.3, 0.4) is 0 Å². The molecular weight excluding hydrogens is 1620 g/mol. The number of carboxylic acids is 4. The first kappa shape index (κ1) is 94.5. The summed E-state index contributed by atoms with van der Waals surface area (Å²) in [5, 5.41) is 268. The van der Waals surface area contributed by atoms with Crippen molar-refractivity contribution in [3.8, 4) is 0 Å². The van der Waals surface area contributed by atoms with E-state index >= 15 is 0 Å². The van der Waals surface area contributed by atoms with Gasteiger partial charge in [-0.15, -0.1) is 0 Å². The van der Waals surface area contributed by atoms with E-state index in [-0.39, 0.29) is 0 Å². The minimum Gasteiger partial charge on any atom is -0.479 e. The van der Waals surface area contributed by atoms with Gasteiger partial charge in [-0.3, -0.25) is 18.9 Å². The summed E-state index contributed by atoms with van der Waals surface area (Å²) in [6.45, 7) is -3.97. The number of carbonyl (C=O) groups excluding carboxylic acids is 3. The fourth-order valence-corrected chi connectivity index (χ4v) is 15.0. The molecule has 55 nitrogen and oxygen atoms in total. The van der Waals surface area contributed by atoms with Crippen LogP contribution in [0.25, 0.3) is 0 Å². The van der Waals surface area contributed by atoms with Crippen LogP contribution in [0.2, 0.25) is 0 Å². The number of carbonyl (C=O) groups is 7. The van der Waals surface area contributed by atoms with E-state index in [0.717, 1.165) is 20.8 Å². The largest absolute Gasteiger partial charge is 0.479 e. The molecule has 0 aromatic heterocycles. The first-order valence-electron chi connectivity index (χ1n) is 35.2. The summed E-state index contributed by atoms with van der Waals surface area (Å²) < 4.78 is 132. The number of hydrogen-bond donors (Lipinski definition) is 29. The molecule has 9 saturated heterocycles. The molecule has 0 aromatic carbocycles. The Hall–Kier alpha value is -5.32. The van der Waals surface area contributed by atoms with E-state index in [1.807, 2.05) is 0 Å². The van der Waals surface area contributed by atoms with E-state index < -0.39 is 361 Å². The second-order valence-electron chi connectivity index (χ2n) is 28.0. The van der Waals surface area contributed by atoms with Gasteiger partial charge < -0.3 is 219 Å². The Morgan fingerprint density at radius 3 is 0.733 bits per heavy atom. The summed E-state index contributed by atoms with van der Waals surface area (Å²) in [6, 6.07) is -8.49.